The van der Waals surface area contributed by atoms with Crippen molar-refractivity contribution in [2.45, 2.75) is 6.54 Å². The molecule has 0 bridgehead atoms. The lowest BCUT2D eigenvalue weighted by atomic mass is 10.1. The molecule has 7 heteroatoms. The Hall–Kier alpha value is -3.09. The van der Waals surface area contributed by atoms with Gasteiger partial charge in [-0.25, -0.2) is 9.89 Å². The second-order valence-corrected chi connectivity index (χ2v) is 4.90. The van der Waals surface area contributed by atoms with E-state index in [1.54, 1.807) is 23.0 Å². The van der Waals surface area contributed by atoms with Crippen molar-refractivity contribution in [2.24, 2.45) is 0 Å². The van der Waals surface area contributed by atoms with Crippen LogP contribution in [0.4, 0.5) is 5.69 Å². The molecule has 0 radical (unpaired) electrons. The van der Waals surface area contributed by atoms with Crippen molar-refractivity contribution in [1.82, 2.24) is 14.8 Å². The van der Waals surface area contributed by atoms with Crippen molar-refractivity contribution in [1.29, 1.82) is 0 Å². The highest BCUT2D eigenvalue weighted by molar-refractivity contribution is 5.95. The van der Waals surface area contributed by atoms with Crippen LogP contribution in [0.25, 0.3) is 11.3 Å². The fourth-order valence-corrected chi connectivity index (χ4v) is 2.34. The number of ether oxygens (including phenoxy) is 1. The van der Waals surface area contributed by atoms with Gasteiger partial charge in [0.15, 0.2) is 0 Å². The van der Waals surface area contributed by atoms with Crippen LogP contribution in [0.5, 0.6) is 0 Å². The molecule has 0 aliphatic carbocycles. The fourth-order valence-electron chi connectivity index (χ4n) is 2.34. The summed E-state index contributed by atoms with van der Waals surface area (Å²) in [5.41, 5.74) is 7.91. The number of methoxy groups -OCH3 is 1. The van der Waals surface area contributed by atoms with Crippen molar-refractivity contribution in [2.75, 3.05) is 12.8 Å². The average molecular weight is 298 g/mol. The molecule has 0 unspecified atom stereocenters. The summed E-state index contributed by atoms with van der Waals surface area (Å²) < 4.78 is 6.49. The highest BCUT2D eigenvalue weighted by atomic mass is 16.5. The third kappa shape index (κ3) is 2.44. The summed E-state index contributed by atoms with van der Waals surface area (Å²) in [7, 11) is 1.29. The predicted octanol–water partition coefficient (Wildman–Crippen LogP) is 1.09. The summed E-state index contributed by atoms with van der Waals surface area (Å²) in [6, 6.07) is 7.40. The quantitative estimate of drug-likeness (QED) is 0.556. The average Bonchev–Trinajstić information content (AvgIpc) is 2.87. The number of H-pyrrole nitrogens is 1. The van der Waals surface area contributed by atoms with Crippen molar-refractivity contribution >= 4 is 11.7 Å². The Morgan fingerprint density at radius 3 is 2.95 bits per heavy atom. The molecule has 0 atom stereocenters. The number of rotatable bonds is 3. The maximum Gasteiger partial charge on any atom is 0.341 e. The molecule has 1 aromatic carbocycles. The van der Waals surface area contributed by atoms with Gasteiger partial charge in [-0.2, -0.15) is 5.10 Å². The van der Waals surface area contributed by atoms with E-state index in [4.69, 9.17) is 10.5 Å². The van der Waals surface area contributed by atoms with Gasteiger partial charge in [0.05, 0.1) is 12.7 Å². The smallest absolute Gasteiger partial charge is 0.341 e. The van der Waals surface area contributed by atoms with Crippen molar-refractivity contribution < 1.29 is 9.53 Å². The Morgan fingerprint density at radius 1 is 1.41 bits per heavy atom. The van der Waals surface area contributed by atoms with E-state index in [1.165, 1.54) is 7.11 Å². The monoisotopic (exact) mass is 298 g/mol. The Labute approximate surface area is 125 Å². The number of anilines is 1. The number of aromatic nitrogens is 3. The lowest BCUT2D eigenvalue weighted by molar-refractivity contribution is 0.0600. The van der Waals surface area contributed by atoms with Crippen LogP contribution >= 0.6 is 0 Å². The zero-order chi connectivity index (χ0) is 15.7. The number of benzene rings is 1. The second kappa shape index (κ2) is 5.36. The number of nitrogens with zero attached hydrogens (tertiary/aromatic N) is 2. The SMILES string of the molecule is COC(=O)c1cn(Cc2cccc(N)c2)cc2c(=O)[nH]nc1-2. The van der Waals surface area contributed by atoms with Gasteiger partial charge in [0, 0.05) is 24.6 Å². The molecule has 1 aromatic rings. The van der Waals surface area contributed by atoms with E-state index in [1.807, 2.05) is 18.2 Å². The molecule has 0 fully saturated rings. The van der Waals surface area contributed by atoms with E-state index in [2.05, 4.69) is 10.2 Å². The third-order valence-electron chi connectivity index (χ3n) is 3.34. The first-order chi connectivity index (χ1) is 10.6. The van der Waals surface area contributed by atoms with Crippen molar-refractivity contribution in [3.63, 3.8) is 0 Å². The Kier molecular flexibility index (Phi) is 3.38. The number of carbonyl (C=O) groups is 1. The Morgan fingerprint density at radius 2 is 2.23 bits per heavy atom. The fraction of sp³-hybridized carbons (Fsp3) is 0.133. The van der Waals surface area contributed by atoms with Crippen LogP contribution in [0, 0.1) is 0 Å². The molecule has 0 saturated heterocycles. The molecule has 3 rings (SSSR count). The summed E-state index contributed by atoms with van der Waals surface area (Å²) in [4.78, 5) is 23.7. The molecule has 2 aliphatic rings. The summed E-state index contributed by atoms with van der Waals surface area (Å²) in [5.74, 6) is -0.543. The normalized spacial score (nSPS) is 10.8. The lowest BCUT2D eigenvalue weighted by Gasteiger charge is -2.12. The largest absolute Gasteiger partial charge is 0.465 e. The van der Waals surface area contributed by atoms with Crippen molar-refractivity contribution in [3.8, 4) is 11.3 Å². The number of hydrogen-bond donors (Lipinski definition) is 2. The topological polar surface area (TPSA) is 103 Å². The first-order valence-electron chi connectivity index (χ1n) is 6.59. The zero-order valence-electron chi connectivity index (χ0n) is 11.9. The number of fused-ring (bicyclic) bond motifs is 1. The van der Waals surface area contributed by atoms with Gasteiger partial charge in [0.1, 0.15) is 11.3 Å². The number of aromatic amines is 1. The van der Waals surface area contributed by atoms with Crippen LogP contribution in [0.3, 0.4) is 0 Å². The van der Waals surface area contributed by atoms with Gasteiger partial charge in [-0.05, 0) is 17.7 Å². The molecule has 2 heterocycles. The number of nitrogens with two attached hydrogens (primary N) is 1. The van der Waals surface area contributed by atoms with E-state index in [0.29, 0.717) is 23.5 Å². The van der Waals surface area contributed by atoms with Gasteiger partial charge in [-0.1, -0.05) is 12.1 Å². The van der Waals surface area contributed by atoms with E-state index in [9.17, 15) is 9.59 Å². The molecule has 112 valence electrons. The summed E-state index contributed by atoms with van der Waals surface area (Å²) >= 11 is 0. The summed E-state index contributed by atoms with van der Waals surface area (Å²) in [6.45, 7) is 0.468. The number of esters is 1. The molecule has 0 spiro atoms. The molecule has 22 heavy (non-hydrogen) atoms. The summed E-state index contributed by atoms with van der Waals surface area (Å²) in [6.07, 6.45) is 3.26. The van der Waals surface area contributed by atoms with Gasteiger partial charge in [0.25, 0.3) is 5.56 Å². The Bertz CT molecular complexity index is 865. The minimum atomic E-state index is -0.543. The third-order valence-corrected chi connectivity index (χ3v) is 3.34. The molecule has 0 aromatic heterocycles. The van der Waals surface area contributed by atoms with E-state index in [0.717, 1.165) is 5.56 Å². The van der Waals surface area contributed by atoms with Crippen LogP contribution in [0.15, 0.2) is 41.5 Å². The number of pyridine rings is 1. The van der Waals surface area contributed by atoms with Crippen LogP contribution in [-0.2, 0) is 11.3 Å². The van der Waals surface area contributed by atoms with Crippen LogP contribution in [0.1, 0.15) is 15.9 Å². The van der Waals surface area contributed by atoms with Gasteiger partial charge < -0.3 is 15.0 Å². The van der Waals surface area contributed by atoms with Crippen LogP contribution < -0.4 is 11.3 Å². The molecule has 2 aliphatic heterocycles. The molecule has 0 amide bonds. The highest BCUT2D eigenvalue weighted by Gasteiger charge is 2.21. The van der Waals surface area contributed by atoms with Gasteiger partial charge >= 0.3 is 5.97 Å². The molecule has 7 nitrogen and oxygen atoms in total. The number of nitrogen functional groups attached to an aromatic ring is 1. The first-order valence-corrected chi connectivity index (χ1v) is 6.59. The summed E-state index contributed by atoms with van der Waals surface area (Å²) in [5, 5.41) is 6.23. The van der Waals surface area contributed by atoms with Crippen molar-refractivity contribution in [3.05, 3.63) is 58.1 Å². The van der Waals surface area contributed by atoms with Gasteiger partial charge in [-0.15, -0.1) is 0 Å². The van der Waals surface area contributed by atoms with E-state index < -0.39 is 5.97 Å². The molecular weight excluding hydrogens is 284 g/mol. The minimum absolute atomic E-state index is 0.238. The van der Waals surface area contributed by atoms with E-state index >= 15 is 0 Å². The maximum atomic E-state index is 11.9. The van der Waals surface area contributed by atoms with Crippen LogP contribution in [-0.4, -0.2) is 27.8 Å². The highest BCUT2D eigenvalue weighted by Crippen LogP contribution is 2.21. The maximum absolute atomic E-state index is 11.9. The number of hydrogen-bond acceptors (Lipinski definition) is 5. The lowest BCUT2D eigenvalue weighted by Crippen LogP contribution is -2.12. The minimum Gasteiger partial charge on any atom is -0.465 e. The Balaban J connectivity index is 2.09. The molecule has 0 saturated carbocycles. The standard InChI is InChI=1S/C15H14N4O3/c1-22-15(21)12-8-19(6-9-3-2-4-10(16)5-9)7-11-13(12)17-18-14(11)20/h2-5,7-8H,6,16H2,1H3,(H,18,20). The number of nitrogens with one attached hydrogen (secondary N) is 1. The first kappa shape index (κ1) is 13.9. The molecular formula is C15H14N4O3. The van der Waals surface area contributed by atoms with Crippen LogP contribution in [0.2, 0.25) is 0 Å². The second-order valence-electron chi connectivity index (χ2n) is 4.90. The van der Waals surface area contributed by atoms with E-state index in [-0.39, 0.29) is 11.1 Å². The van der Waals surface area contributed by atoms with Gasteiger partial charge in [-0.3, -0.25) is 4.79 Å². The zero-order valence-corrected chi connectivity index (χ0v) is 11.9. The predicted molar refractivity (Wildman–Crippen MR) is 80.8 cm³/mol. The molecule has 3 N–H and O–H groups in total. The number of carbonyl (C=O) groups excluding carboxylic acids is 1. The van der Waals surface area contributed by atoms with Gasteiger partial charge in [0.2, 0.25) is 0 Å².